The van der Waals surface area contributed by atoms with Crippen LogP contribution in [-0.2, 0) is 30.7 Å². The Morgan fingerprint density at radius 3 is 2.59 bits per heavy atom. The van der Waals surface area contributed by atoms with Gasteiger partial charge in [-0.1, -0.05) is 0 Å². The summed E-state index contributed by atoms with van der Waals surface area (Å²) < 4.78 is 40.2. The average molecular weight is 583 g/mol. The molecule has 3 aromatic rings. The van der Waals surface area contributed by atoms with E-state index in [0.29, 0.717) is 40.5 Å². The molecule has 1 atom stereocenters. The van der Waals surface area contributed by atoms with Crippen LogP contribution in [0, 0.1) is 12.8 Å². The van der Waals surface area contributed by atoms with Crippen LogP contribution in [0.4, 0.5) is 22.7 Å². The fourth-order valence-electron chi connectivity index (χ4n) is 5.61. The van der Waals surface area contributed by atoms with E-state index in [0.717, 1.165) is 56.7 Å². The predicted octanol–water partition coefficient (Wildman–Crippen LogP) is 3.93. The standard InChI is InChI=1S/C29H38N6O5S/c1-18-30-28-24(13-20(14-26(36)19-8-9-19)31-29(28)35(18)27-7-5-6-12-40-27)32-23-11-10-21(34-16-22(17-34)39-3)15-25(23)33(2)41(4,37)38/h10-11,13,15,19,22,27H,5-9,12,14,16-17H2,1-4H3,(H,31,32). The second-order valence-electron chi connectivity index (χ2n) is 11.4. The molecule has 4 heterocycles. The zero-order valence-electron chi connectivity index (χ0n) is 24.1. The smallest absolute Gasteiger partial charge is 0.232 e. The number of methoxy groups -OCH3 is 1. The highest BCUT2D eigenvalue weighted by Gasteiger charge is 2.31. The summed E-state index contributed by atoms with van der Waals surface area (Å²) in [4.78, 5) is 24.8. The fraction of sp³-hybridized carbons (Fsp3) is 0.552. The first-order valence-corrected chi connectivity index (χ1v) is 16.1. The van der Waals surface area contributed by atoms with Crippen LogP contribution in [0.2, 0.25) is 0 Å². The number of fused-ring (bicyclic) bond motifs is 1. The molecular weight excluding hydrogens is 544 g/mol. The van der Waals surface area contributed by atoms with E-state index in [1.807, 2.05) is 35.8 Å². The number of anilines is 4. The summed E-state index contributed by atoms with van der Waals surface area (Å²) >= 11 is 0. The van der Waals surface area contributed by atoms with Crippen molar-refractivity contribution in [3.63, 3.8) is 0 Å². The third kappa shape index (κ3) is 5.64. The van der Waals surface area contributed by atoms with Gasteiger partial charge in [0.1, 0.15) is 23.4 Å². The minimum absolute atomic E-state index is 0.124. The Morgan fingerprint density at radius 2 is 1.93 bits per heavy atom. The molecule has 0 spiro atoms. The topological polar surface area (TPSA) is 119 Å². The van der Waals surface area contributed by atoms with E-state index in [1.54, 1.807) is 14.2 Å². The molecule has 2 saturated heterocycles. The molecule has 1 aromatic carbocycles. The van der Waals surface area contributed by atoms with E-state index in [-0.39, 0.29) is 30.5 Å². The fourth-order valence-corrected chi connectivity index (χ4v) is 6.12. The Morgan fingerprint density at radius 1 is 1.15 bits per heavy atom. The summed E-state index contributed by atoms with van der Waals surface area (Å²) in [6, 6.07) is 7.62. The van der Waals surface area contributed by atoms with Crippen LogP contribution in [0.3, 0.4) is 0 Å². The Kier molecular flexibility index (Phi) is 7.41. The highest BCUT2D eigenvalue weighted by atomic mass is 32.2. The van der Waals surface area contributed by atoms with Gasteiger partial charge in [-0.05, 0) is 63.3 Å². The molecule has 3 aliphatic rings. The Bertz CT molecular complexity index is 1570. The van der Waals surface area contributed by atoms with Crippen LogP contribution in [0.15, 0.2) is 24.3 Å². The van der Waals surface area contributed by atoms with Crippen LogP contribution in [0.5, 0.6) is 0 Å². The lowest BCUT2D eigenvalue weighted by molar-refractivity contribution is -0.119. The van der Waals surface area contributed by atoms with Crippen molar-refractivity contribution >= 4 is 49.7 Å². The highest BCUT2D eigenvalue weighted by Crippen LogP contribution is 2.38. The molecule has 6 rings (SSSR count). The Hall–Kier alpha value is -3.22. The number of hydrogen-bond acceptors (Lipinski definition) is 9. The van der Waals surface area contributed by atoms with E-state index in [9.17, 15) is 13.2 Å². The Balaban J connectivity index is 1.43. The van der Waals surface area contributed by atoms with E-state index in [1.165, 1.54) is 10.6 Å². The van der Waals surface area contributed by atoms with Gasteiger partial charge in [0.2, 0.25) is 10.0 Å². The average Bonchev–Trinajstić information content (AvgIpc) is 3.71. The maximum atomic E-state index is 12.8. The monoisotopic (exact) mass is 582 g/mol. The van der Waals surface area contributed by atoms with Crippen molar-refractivity contribution in [3.8, 4) is 0 Å². The van der Waals surface area contributed by atoms with Crippen LogP contribution in [0.25, 0.3) is 11.2 Å². The maximum Gasteiger partial charge on any atom is 0.232 e. The number of nitrogens with zero attached hydrogens (tertiary/aromatic N) is 5. The van der Waals surface area contributed by atoms with Gasteiger partial charge in [-0.2, -0.15) is 0 Å². The van der Waals surface area contributed by atoms with Crippen molar-refractivity contribution in [3.05, 3.63) is 35.8 Å². The van der Waals surface area contributed by atoms with E-state index < -0.39 is 10.0 Å². The number of benzene rings is 1. The third-order valence-corrected chi connectivity index (χ3v) is 9.54. The summed E-state index contributed by atoms with van der Waals surface area (Å²) in [7, 11) is -0.299. The van der Waals surface area contributed by atoms with Gasteiger partial charge in [-0.3, -0.25) is 13.7 Å². The Labute approximate surface area is 240 Å². The molecule has 0 radical (unpaired) electrons. The van der Waals surface area contributed by atoms with Crippen molar-refractivity contribution in [2.45, 2.75) is 57.8 Å². The van der Waals surface area contributed by atoms with Crippen LogP contribution in [-0.4, -0.2) is 74.9 Å². The number of sulfonamides is 1. The first-order valence-electron chi connectivity index (χ1n) is 14.3. The minimum atomic E-state index is -3.55. The molecule has 0 amide bonds. The normalized spacial score (nSPS) is 19.8. The van der Waals surface area contributed by atoms with Gasteiger partial charge in [0, 0.05) is 51.9 Å². The van der Waals surface area contributed by atoms with Crippen LogP contribution in [0.1, 0.15) is 49.9 Å². The van der Waals surface area contributed by atoms with E-state index in [2.05, 4.69) is 10.2 Å². The minimum Gasteiger partial charge on any atom is -0.378 e. The quantitative estimate of drug-likeness (QED) is 0.379. The molecule has 1 aliphatic carbocycles. The number of ether oxygens (including phenoxy) is 2. The number of ketones is 1. The van der Waals surface area contributed by atoms with Gasteiger partial charge in [0.25, 0.3) is 0 Å². The summed E-state index contributed by atoms with van der Waals surface area (Å²) in [5.74, 6) is 1.10. The lowest BCUT2D eigenvalue weighted by Crippen LogP contribution is -2.51. The molecule has 3 fully saturated rings. The molecule has 41 heavy (non-hydrogen) atoms. The number of rotatable bonds is 10. The van der Waals surface area contributed by atoms with Crippen LogP contribution < -0.4 is 14.5 Å². The molecule has 11 nitrogen and oxygen atoms in total. The van der Waals surface area contributed by atoms with Gasteiger partial charge in [-0.25, -0.2) is 18.4 Å². The van der Waals surface area contributed by atoms with E-state index in [4.69, 9.17) is 19.4 Å². The molecule has 0 bridgehead atoms. The predicted molar refractivity (Wildman–Crippen MR) is 159 cm³/mol. The summed E-state index contributed by atoms with van der Waals surface area (Å²) in [5.41, 5.74) is 4.69. The van der Waals surface area contributed by atoms with Crippen molar-refractivity contribution < 1.29 is 22.7 Å². The van der Waals surface area contributed by atoms with Gasteiger partial charge in [0.05, 0.1) is 35.1 Å². The highest BCUT2D eigenvalue weighted by molar-refractivity contribution is 7.92. The third-order valence-electron chi connectivity index (χ3n) is 8.34. The second-order valence-corrected chi connectivity index (χ2v) is 13.4. The first kappa shape index (κ1) is 27.9. The summed E-state index contributed by atoms with van der Waals surface area (Å²) in [6.07, 6.45) is 6.27. The SMILES string of the molecule is COC1CN(c2ccc(Nc3cc(CC(=O)C4CC4)nc4c3nc(C)n4C3CCCCO3)c(N(C)S(C)(=O)=O)c2)C1. The molecule has 12 heteroatoms. The molecule has 1 unspecified atom stereocenters. The van der Waals surface area contributed by atoms with Crippen molar-refractivity contribution in [1.82, 2.24) is 14.5 Å². The van der Waals surface area contributed by atoms with Gasteiger partial charge in [-0.15, -0.1) is 0 Å². The lowest BCUT2D eigenvalue weighted by atomic mass is 10.1. The number of pyridine rings is 1. The van der Waals surface area contributed by atoms with Gasteiger partial charge < -0.3 is 19.7 Å². The molecule has 1 N–H and O–H groups in total. The number of imidazole rings is 1. The van der Waals surface area contributed by atoms with Gasteiger partial charge in [0.15, 0.2) is 5.65 Å². The van der Waals surface area contributed by atoms with E-state index >= 15 is 0 Å². The maximum absolute atomic E-state index is 12.8. The zero-order valence-corrected chi connectivity index (χ0v) is 24.9. The zero-order chi connectivity index (χ0) is 28.9. The number of Topliss-reactive ketones (excluding diaryl/α,β-unsaturated/α-hetero) is 1. The van der Waals surface area contributed by atoms with Crippen molar-refractivity contribution in [1.29, 1.82) is 0 Å². The summed E-state index contributed by atoms with van der Waals surface area (Å²) in [6.45, 7) is 4.12. The van der Waals surface area contributed by atoms with Crippen molar-refractivity contribution in [2.24, 2.45) is 5.92 Å². The number of aromatic nitrogens is 3. The number of aryl methyl sites for hydroxylation is 1. The molecule has 2 aromatic heterocycles. The van der Waals surface area contributed by atoms with Gasteiger partial charge >= 0.3 is 0 Å². The molecule has 220 valence electrons. The largest absolute Gasteiger partial charge is 0.378 e. The second kappa shape index (κ2) is 10.9. The number of hydrogen-bond donors (Lipinski definition) is 1. The molecular formula is C29H38N6O5S. The first-order chi connectivity index (χ1) is 19.6. The van der Waals surface area contributed by atoms with Crippen LogP contribution >= 0.6 is 0 Å². The molecule has 2 aliphatic heterocycles. The number of carbonyl (C=O) groups excluding carboxylic acids is 1. The molecule has 1 saturated carbocycles. The lowest BCUT2D eigenvalue weighted by Gasteiger charge is -2.40. The number of nitrogens with one attached hydrogen (secondary N) is 1. The van der Waals surface area contributed by atoms with Crippen molar-refractivity contribution in [2.75, 3.05) is 54.6 Å². The number of carbonyl (C=O) groups is 1. The summed E-state index contributed by atoms with van der Waals surface area (Å²) in [5, 5.41) is 3.48.